The molecule has 0 aliphatic rings. The van der Waals surface area contributed by atoms with Crippen LogP contribution in [0.1, 0.15) is 27.2 Å². The fourth-order valence-corrected chi connectivity index (χ4v) is 0.739. The predicted molar refractivity (Wildman–Crippen MR) is 52.5 cm³/mol. The molecule has 0 atom stereocenters. The Kier molecular flexibility index (Phi) is 5.15. The Morgan fingerprint density at radius 1 is 1.43 bits per heavy atom. The maximum Gasteiger partial charge on any atom is 0.307 e. The third-order valence-electron chi connectivity index (χ3n) is 1.51. The van der Waals surface area contributed by atoms with Gasteiger partial charge in [-0.1, -0.05) is 0 Å². The lowest BCUT2D eigenvalue weighted by atomic mass is 10.1. The van der Waals surface area contributed by atoms with Gasteiger partial charge < -0.3 is 15.8 Å². The Morgan fingerprint density at radius 3 is 2.43 bits per heavy atom. The average molecular weight is 202 g/mol. The lowest BCUT2D eigenvalue weighted by Crippen LogP contribution is -2.49. The van der Waals surface area contributed by atoms with E-state index in [0.29, 0.717) is 6.61 Å². The molecule has 0 aromatic rings. The van der Waals surface area contributed by atoms with Gasteiger partial charge in [-0.15, -0.1) is 0 Å². The van der Waals surface area contributed by atoms with Crippen molar-refractivity contribution in [2.45, 2.75) is 32.7 Å². The van der Waals surface area contributed by atoms with Crippen LogP contribution in [0.4, 0.5) is 0 Å². The number of esters is 1. The van der Waals surface area contributed by atoms with E-state index in [4.69, 9.17) is 5.73 Å². The molecule has 0 rings (SSSR count). The molecule has 0 aliphatic carbocycles. The smallest absolute Gasteiger partial charge is 0.307 e. The van der Waals surface area contributed by atoms with Crippen molar-refractivity contribution in [2.24, 2.45) is 5.73 Å². The molecule has 0 aromatic heterocycles. The van der Waals surface area contributed by atoms with Crippen LogP contribution in [-0.2, 0) is 14.3 Å². The summed E-state index contributed by atoms with van der Waals surface area (Å²) in [6.45, 7) is 5.56. The van der Waals surface area contributed by atoms with Gasteiger partial charge in [0.1, 0.15) is 0 Å². The third-order valence-corrected chi connectivity index (χ3v) is 1.51. The highest BCUT2D eigenvalue weighted by Gasteiger charge is 2.21. The van der Waals surface area contributed by atoms with E-state index in [9.17, 15) is 9.59 Å². The van der Waals surface area contributed by atoms with Gasteiger partial charge in [0.05, 0.1) is 18.6 Å². The van der Waals surface area contributed by atoms with Gasteiger partial charge >= 0.3 is 5.97 Å². The normalized spacial score (nSPS) is 10.9. The number of hydrogen-bond acceptors (Lipinski definition) is 4. The van der Waals surface area contributed by atoms with Crippen LogP contribution >= 0.6 is 0 Å². The van der Waals surface area contributed by atoms with Gasteiger partial charge in [0, 0.05) is 6.54 Å². The van der Waals surface area contributed by atoms with E-state index in [2.05, 4.69) is 10.1 Å². The quantitative estimate of drug-likeness (QED) is 0.604. The van der Waals surface area contributed by atoms with Crippen molar-refractivity contribution in [2.75, 3.05) is 13.2 Å². The number of ether oxygens (including phenoxy) is 1. The van der Waals surface area contributed by atoms with E-state index in [1.165, 1.54) is 0 Å². The van der Waals surface area contributed by atoms with Crippen LogP contribution in [0.2, 0.25) is 0 Å². The highest BCUT2D eigenvalue weighted by Crippen LogP contribution is 1.95. The molecule has 0 saturated heterocycles. The van der Waals surface area contributed by atoms with E-state index in [0.717, 1.165) is 0 Å². The third kappa shape index (κ3) is 5.53. The largest absolute Gasteiger partial charge is 0.466 e. The zero-order valence-electron chi connectivity index (χ0n) is 8.92. The van der Waals surface area contributed by atoms with Gasteiger partial charge in [-0.25, -0.2) is 0 Å². The maximum atomic E-state index is 11.2. The number of carbonyl (C=O) groups is 2. The van der Waals surface area contributed by atoms with Crippen molar-refractivity contribution >= 4 is 11.9 Å². The molecule has 14 heavy (non-hydrogen) atoms. The fourth-order valence-electron chi connectivity index (χ4n) is 0.739. The molecule has 0 unspecified atom stereocenters. The first kappa shape index (κ1) is 12.9. The Labute approximate surface area is 84.0 Å². The molecule has 1 amide bonds. The highest BCUT2D eigenvalue weighted by molar-refractivity contribution is 5.85. The summed E-state index contributed by atoms with van der Waals surface area (Å²) in [6, 6.07) is 0. The number of amides is 1. The second-order valence-electron chi connectivity index (χ2n) is 3.53. The summed E-state index contributed by atoms with van der Waals surface area (Å²) in [4.78, 5) is 22.1. The average Bonchev–Trinajstić information content (AvgIpc) is 2.02. The Balaban J connectivity index is 3.65. The monoisotopic (exact) mass is 202 g/mol. The number of nitrogens with one attached hydrogen (secondary N) is 1. The second kappa shape index (κ2) is 5.59. The molecule has 0 heterocycles. The molecule has 82 valence electrons. The topological polar surface area (TPSA) is 81.4 Å². The summed E-state index contributed by atoms with van der Waals surface area (Å²) < 4.78 is 4.69. The predicted octanol–water partition coefficient (Wildman–Crippen LogP) is -0.207. The fraction of sp³-hybridized carbons (Fsp3) is 0.778. The summed E-state index contributed by atoms with van der Waals surface area (Å²) in [7, 11) is 0. The van der Waals surface area contributed by atoms with Gasteiger partial charge in [-0.2, -0.15) is 0 Å². The summed E-state index contributed by atoms with van der Waals surface area (Å²) >= 11 is 0. The highest BCUT2D eigenvalue weighted by atomic mass is 16.5. The first-order valence-electron chi connectivity index (χ1n) is 4.60. The van der Waals surface area contributed by atoms with Crippen molar-refractivity contribution < 1.29 is 14.3 Å². The molecule has 0 aliphatic heterocycles. The SMILES string of the molecule is CCOC(=O)CCNC(=O)C(C)(C)N. The van der Waals surface area contributed by atoms with Crippen molar-refractivity contribution in [3.63, 3.8) is 0 Å². The molecule has 0 saturated carbocycles. The lowest BCUT2D eigenvalue weighted by Gasteiger charge is -2.17. The molecular weight excluding hydrogens is 184 g/mol. The van der Waals surface area contributed by atoms with E-state index in [1.54, 1.807) is 20.8 Å². The minimum Gasteiger partial charge on any atom is -0.466 e. The van der Waals surface area contributed by atoms with E-state index >= 15 is 0 Å². The zero-order chi connectivity index (χ0) is 11.2. The number of nitrogens with two attached hydrogens (primary N) is 1. The molecule has 0 radical (unpaired) electrons. The van der Waals surface area contributed by atoms with Crippen LogP contribution in [0.5, 0.6) is 0 Å². The van der Waals surface area contributed by atoms with Crippen LogP contribution in [0.25, 0.3) is 0 Å². The van der Waals surface area contributed by atoms with Crippen molar-refractivity contribution in [3.05, 3.63) is 0 Å². The van der Waals surface area contributed by atoms with Crippen LogP contribution in [0.15, 0.2) is 0 Å². The van der Waals surface area contributed by atoms with Gasteiger partial charge in [-0.3, -0.25) is 9.59 Å². The number of carbonyl (C=O) groups excluding carboxylic acids is 2. The minimum absolute atomic E-state index is 0.176. The van der Waals surface area contributed by atoms with Gasteiger partial charge in [-0.05, 0) is 20.8 Å². The molecule has 5 nitrogen and oxygen atoms in total. The molecular formula is C9H18N2O3. The van der Waals surface area contributed by atoms with Gasteiger partial charge in [0.2, 0.25) is 5.91 Å². The lowest BCUT2D eigenvalue weighted by molar-refractivity contribution is -0.143. The van der Waals surface area contributed by atoms with Crippen LogP contribution < -0.4 is 11.1 Å². The van der Waals surface area contributed by atoms with Crippen molar-refractivity contribution in [1.29, 1.82) is 0 Å². The summed E-state index contributed by atoms with van der Waals surface area (Å²) in [5.74, 6) is -0.593. The van der Waals surface area contributed by atoms with Crippen LogP contribution in [0.3, 0.4) is 0 Å². The van der Waals surface area contributed by atoms with E-state index < -0.39 is 5.54 Å². The Bertz CT molecular complexity index is 209. The van der Waals surface area contributed by atoms with Crippen molar-refractivity contribution in [3.8, 4) is 0 Å². The Morgan fingerprint density at radius 2 is 2.00 bits per heavy atom. The molecule has 0 fully saturated rings. The van der Waals surface area contributed by atoms with Gasteiger partial charge in [0.15, 0.2) is 0 Å². The Hall–Kier alpha value is -1.10. The summed E-state index contributed by atoms with van der Waals surface area (Å²) in [5, 5.41) is 2.55. The summed E-state index contributed by atoms with van der Waals surface area (Å²) in [6.07, 6.45) is 0.176. The number of hydrogen-bond donors (Lipinski definition) is 2. The zero-order valence-corrected chi connectivity index (χ0v) is 8.92. The first-order chi connectivity index (χ1) is 6.38. The molecule has 0 bridgehead atoms. The molecule has 5 heteroatoms. The van der Waals surface area contributed by atoms with Crippen LogP contribution in [-0.4, -0.2) is 30.6 Å². The maximum absolute atomic E-state index is 11.2. The first-order valence-corrected chi connectivity index (χ1v) is 4.60. The summed E-state index contributed by atoms with van der Waals surface area (Å²) in [5.41, 5.74) is 4.62. The number of rotatable bonds is 5. The van der Waals surface area contributed by atoms with E-state index in [-0.39, 0.29) is 24.8 Å². The molecule has 0 spiro atoms. The van der Waals surface area contributed by atoms with Gasteiger partial charge in [0.25, 0.3) is 0 Å². The molecule has 0 aromatic carbocycles. The minimum atomic E-state index is -0.908. The van der Waals surface area contributed by atoms with Crippen LogP contribution in [0, 0.1) is 0 Å². The molecule has 3 N–H and O–H groups in total. The standard InChI is InChI=1S/C9H18N2O3/c1-4-14-7(12)5-6-11-8(13)9(2,3)10/h4-6,10H2,1-3H3,(H,11,13). The second-order valence-corrected chi connectivity index (χ2v) is 3.53. The van der Waals surface area contributed by atoms with E-state index in [1.807, 2.05) is 0 Å². The van der Waals surface area contributed by atoms with Crippen molar-refractivity contribution in [1.82, 2.24) is 5.32 Å².